The molecule has 41 nitrogen and oxygen atoms in total. The molecular weight excluding hydrogens is 1570 g/mol. The maximum absolute atomic E-state index is 14.7. The molecular formula is C77H110N22O19S. The molecule has 648 valence electrons. The van der Waals surface area contributed by atoms with Crippen LogP contribution in [0.4, 0.5) is 0 Å². The summed E-state index contributed by atoms with van der Waals surface area (Å²) >= 11 is 1.44. The van der Waals surface area contributed by atoms with Crippen molar-refractivity contribution in [1.82, 2.24) is 84.7 Å². The monoisotopic (exact) mass is 1680 g/mol. The molecule has 1 aliphatic rings. The molecule has 0 bridgehead atoms. The topological polar surface area (TPSA) is 678 Å². The number of para-hydroxylation sites is 1. The first kappa shape index (κ1) is 96.7. The minimum atomic E-state index is -1.94. The molecule has 119 heavy (non-hydrogen) atoms. The van der Waals surface area contributed by atoms with Crippen molar-refractivity contribution in [1.29, 1.82) is 5.41 Å². The number of thioether (sulfide) groups is 1. The number of amides is 18. The van der Waals surface area contributed by atoms with Gasteiger partial charge in [-0.2, -0.15) is 11.8 Å². The number of aromatic amines is 1. The molecule has 18 amide bonds. The zero-order valence-electron chi connectivity index (χ0n) is 67.0. The average molecular weight is 1680 g/mol. The highest BCUT2D eigenvalue weighted by atomic mass is 32.2. The molecule has 0 aliphatic carbocycles. The lowest BCUT2D eigenvalue weighted by Crippen LogP contribution is -2.60. The molecule has 42 heteroatoms. The number of phenolic OH excluding ortho intramolecular Hbond substituents is 1. The zero-order chi connectivity index (χ0) is 88.2. The summed E-state index contributed by atoms with van der Waals surface area (Å²) in [7, 11) is 0. The van der Waals surface area contributed by atoms with E-state index in [9.17, 15) is 91.4 Å². The molecule has 1 aliphatic heterocycles. The van der Waals surface area contributed by atoms with Crippen LogP contribution in [0.5, 0.6) is 5.75 Å². The Morgan fingerprint density at radius 2 is 0.983 bits per heavy atom. The van der Waals surface area contributed by atoms with Crippen LogP contribution < -0.4 is 108 Å². The van der Waals surface area contributed by atoms with E-state index in [1.807, 2.05) is 20.1 Å². The van der Waals surface area contributed by atoms with Gasteiger partial charge in [0.1, 0.15) is 78.3 Å². The van der Waals surface area contributed by atoms with Crippen LogP contribution in [0.25, 0.3) is 10.9 Å². The van der Waals surface area contributed by atoms with Crippen molar-refractivity contribution in [2.75, 3.05) is 31.6 Å². The number of rotatable bonds is 51. The van der Waals surface area contributed by atoms with E-state index in [-0.39, 0.29) is 82.4 Å². The van der Waals surface area contributed by atoms with E-state index in [2.05, 4.69) is 84.7 Å². The van der Waals surface area contributed by atoms with Gasteiger partial charge in [0.2, 0.25) is 106 Å². The van der Waals surface area contributed by atoms with Crippen molar-refractivity contribution in [2.45, 2.75) is 197 Å². The van der Waals surface area contributed by atoms with Crippen molar-refractivity contribution >= 4 is 135 Å². The van der Waals surface area contributed by atoms with Crippen molar-refractivity contribution in [3.8, 4) is 5.75 Å². The van der Waals surface area contributed by atoms with Crippen LogP contribution in [0.1, 0.15) is 122 Å². The van der Waals surface area contributed by atoms with E-state index in [4.69, 9.17) is 34.1 Å². The minimum Gasteiger partial charge on any atom is -0.508 e. The lowest BCUT2D eigenvalue weighted by Gasteiger charge is -2.27. The van der Waals surface area contributed by atoms with Gasteiger partial charge in [-0.1, -0.05) is 88.4 Å². The number of fused-ring (bicyclic) bond motifs is 1. The fourth-order valence-electron chi connectivity index (χ4n) is 12.4. The second-order valence-corrected chi connectivity index (χ2v) is 30.3. The Kier molecular flexibility index (Phi) is 39.5. The molecule has 4 aromatic rings. The standard InChI is InChI=1S/C77H110N22O19S/c1-39(2)31-53(73(115)92-48(65(81)107)28-30-119-6)96-74(116)55(32-42-13-8-7-9-14-42)90-63(106)38-87-76(118)64(40(3)4)99-66(108)41(5)88-72(114)56(34-44-36-85-47-16-11-10-15-46(44)47)98-71(113)52(23-26-59(79)102)95-75(117)57(35-60(80)103)91-62(105)37-86-67(109)54(33-43-18-20-45(100)21-19-43)97-68(110)49(17-12-29-84-77(82)83)93-70(112)51(22-25-58(78)101)94-69(111)50-24-27-61(104)89-50/h7-11,13-16,18-21,36,39-41,48-57,64,85,100H,12,17,22-35,37-38H2,1-6H3,(H2,78,101)(H2,79,102)(H2,80,103)(H2,81,107)(H,86,109)(H,87,118)(H,88,114)(H,89,104)(H,90,106)(H,91,105)(H,92,115)(H,93,112)(H,94,111)(H,95,117)(H,96,116)(H,97,110)(H,98,113)(H,99,108)(H4,82,83,84)/t41-,48-,49-,50-,51-,52-,53-,54-,55+,56-,57-,64-/m0/s1. The first-order valence-electron chi connectivity index (χ1n) is 38.6. The quantitative estimate of drug-likeness (QED) is 0.0111. The Hall–Kier alpha value is -12.9. The Balaban J connectivity index is 1.32. The summed E-state index contributed by atoms with van der Waals surface area (Å²) in [5, 5.41) is 55.8. The van der Waals surface area contributed by atoms with Crippen molar-refractivity contribution in [3.05, 3.63) is 102 Å². The molecule has 0 unspecified atom stereocenters. The van der Waals surface area contributed by atoms with Crippen molar-refractivity contribution in [3.63, 3.8) is 0 Å². The number of phenols is 1. The van der Waals surface area contributed by atoms with E-state index in [0.29, 0.717) is 33.3 Å². The van der Waals surface area contributed by atoms with Gasteiger partial charge >= 0.3 is 0 Å². The number of hydrogen-bond acceptors (Lipinski definition) is 21. The van der Waals surface area contributed by atoms with E-state index >= 15 is 0 Å². The van der Waals surface area contributed by atoms with E-state index in [1.165, 1.54) is 43.0 Å². The molecule has 1 aromatic heterocycles. The average Bonchev–Trinajstić information content (AvgIpc) is 1.69. The number of hydrogen-bond donors (Lipinski definition) is 23. The second kappa shape index (κ2) is 48.6. The van der Waals surface area contributed by atoms with Gasteiger partial charge in [0, 0.05) is 62.2 Å². The lowest BCUT2D eigenvalue weighted by atomic mass is 10.0. The maximum Gasteiger partial charge on any atom is 0.243 e. The van der Waals surface area contributed by atoms with Crippen LogP contribution in [-0.4, -0.2) is 227 Å². The van der Waals surface area contributed by atoms with Gasteiger partial charge in [-0.05, 0) is 111 Å². The molecule has 12 atom stereocenters. The Labute approximate surface area is 690 Å². The van der Waals surface area contributed by atoms with Crippen LogP contribution in [0.15, 0.2) is 85.1 Å². The van der Waals surface area contributed by atoms with Gasteiger partial charge in [-0.25, -0.2) is 0 Å². The van der Waals surface area contributed by atoms with Gasteiger partial charge < -0.3 is 119 Å². The molecule has 5 rings (SSSR count). The summed E-state index contributed by atoms with van der Waals surface area (Å²) in [6.07, 6.45) is 0.137. The van der Waals surface area contributed by atoms with Gasteiger partial charge in [-0.3, -0.25) is 91.7 Å². The number of H-pyrrole nitrogens is 1. The predicted molar refractivity (Wildman–Crippen MR) is 434 cm³/mol. The van der Waals surface area contributed by atoms with Crippen LogP contribution in [0, 0.1) is 17.2 Å². The third-order valence-corrected chi connectivity index (χ3v) is 19.4. The van der Waals surface area contributed by atoms with Crippen LogP contribution >= 0.6 is 11.8 Å². The Morgan fingerprint density at radius 3 is 1.53 bits per heavy atom. The number of carbonyl (C=O) groups is 18. The number of nitrogens with one attached hydrogen (secondary N) is 17. The number of guanidine groups is 1. The van der Waals surface area contributed by atoms with Crippen LogP contribution in [-0.2, 0) is 106 Å². The normalized spacial score (nSPS) is 15.1. The smallest absolute Gasteiger partial charge is 0.243 e. The SMILES string of the molecule is CSCC[C@H](NC(=O)[C@H](CC(C)C)NC(=O)[C@@H](Cc1ccccc1)NC(=O)CNC(=O)[C@@H](NC(=O)[C@H](C)NC(=O)[C@H](Cc1c[nH]c2ccccc12)NC(=O)[C@H](CCC(N)=O)NC(=O)[C@H](CC(N)=O)NC(=O)CNC(=O)[C@H](Cc1ccc(O)cc1)NC(=O)[C@H](CCCNC(=N)N)NC(=O)[C@H](CCC(N)=O)NC(=O)[C@@H]1CCC(=O)N1)C(C)C)C(N)=O. The number of nitrogens with two attached hydrogens (primary N) is 5. The molecule has 1 saturated heterocycles. The summed E-state index contributed by atoms with van der Waals surface area (Å²) in [5.74, 6) is -17.5. The van der Waals surface area contributed by atoms with Gasteiger partial charge in [-0.15, -0.1) is 0 Å². The van der Waals surface area contributed by atoms with E-state index < -0.39 is 229 Å². The van der Waals surface area contributed by atoms with Crippen molar-refractivity contribution < 1.29 is 91.4 Å². The van der Waals surface area contributed by atoms with E-state index in [1.54, 1.807) is 74.6 Å². The molecule has 1 fully saturated rings. The van der Waals surface area contributed by atoms with Crippen LogP contribution in [0.2, 0.25) is 0 Å². The van der Waals surface area contributed by atoms with Gasteiger partial charge in [0.25, 0.3) is 0 Å². The van der Waals surface area contributed by atoms with E-state index in [0.717, 1.165) is 0 Å². The zero-order valence-corrected chi connectivity index (χ0v) is 67.8. The van der Waals surface area contributed by atoms with Gasteiger partial charge in [0.15, 0.2) is 5.96 Å². The molecule has 3 aromatic carbocycles. The minimum absolute atomic E-state index is 0.00115. The van der Waals surface area contributed by atoms with Crippen LogP contribution in [0.3, 0.4) is 0 Å². The maximum atomic E-state index is 14.7. The Morgan fingerprint density at radius 1 is 0.496 bits per heavy atom. The molecule has 0 saturated carbocycles. The molecule has 0 spiro atoms. The van der Waals surface area contributed by atoms with Gasteiger partial charge in [0.05, 0.1) is 19.5 Å². The Bertz CT molecular complexity index is 4280. The number of aromatic nitrogens is 1. The summed E-state index contributed by atoms with van der Waals surface area (Å²) in [6.45, 7) is 6.35. The highest BCUT2D eigenvalue weighted by molar-refractivity contribution is 7.98. The first-order valence-corrected chi connectivity index (χ1v) is 40.0. The molecule has 0 radical (unpaired) electrons. The molecule has 2 heterocycles. The predicted octanol–water partition coefficient (Wildman–Crippen LogP) is -5.62. The highest BCUT2D eigenvalue weighted by Crippen LogP contribution is 2.21. The summed E-state index contributed by atoms with van der Waals surface area (Å²) < 4.78 is 0. The number of benzene rings is 3. The largest absolute Gasteiger partial charge is 0.508 e. The summed E-state index contributed by atoms with van der Waals surface area (Å²) in [5.41, 5.74) is 29.5. The third kappa shape index (κ3) is 34.1. The fourth-order valence-corrected chi connectivity index (χ4v) is 12.8. The number of carbonyl (C=O) groups excluding carboxylic acids is 18. The summed E-state index contributed by atoms with van der Waals surface area (Å²) in [6, 6.07) is 3.47. The van der Waals surface area contributed by atoms with Crippen molar-refractivity contribution in [2.24, 2.45) is 40.5 Å². The third-order valence-electron chi connectivity index (χ3n) is 18.7. The number of aromatic hydroxyl groups is 1. The first-order chi connectivity index (χ1) is 56.3. The lowest BCUT2D eigenvalue weighted by molar-refractivity contribution is -0.136. The number of primary amides is 4. The second-order valence-electron chi connectivity index (χ2n) is 29.3. The molecule has 28 N–H and O–H groups in total. The fraction of sp³-hybridized carbons (Fsp3) is 0.494. The highest BCUT2D eigenvalue weighted by Gasteiger charge is 2.38. The summed E-state index contributed by atoms with van der Waals surface area (Å²) in [4.78, 5) is 247.